The average Bonchev–Trinajstić information content (AvgIpc) is 3.08. The minimum Gasteiger partial charge on any atom is -0.353 e. The third kappa shape index (κ3) is 4.87. The molecule has 0 aromatic carbocycles. The molecular weight excluding hydrogens is 326 g/mol. The van der Waals surface area contributed by atoms with Crippen LogP contribution in [0.1, 0.15) is 24.1 Å². The fraction of sp³-hybridized carbons (Fsp3) is 0.615. The topological polar surface area (TPSA) is 58.4 Å². The fourth-order valence-corrected chi connectivity index (χ4v) is 3.47. The molecule has 0 aliphatic heterocycles. The summed E-state index contributed by atoms with van der Waals surface area (Å²) in [6.45, 7) is 1.33. The molecule has 0 radical (unpaired) electrons. The number of rotatable bonds is 7. The summed E-state index contributed by atoms with van der Waals surface area (Å²) < 4.78 is 1.11. The quantitative estimate of drug-likeness (QED) is 0.793. The molecule has 106 valence electrons. The van der Waals surface area contributed by atoms with Gasteiger partial charge in [-0.25, -0.2) is 0 Å². The Morgan fingerprint density at radius 3 is 2.95 bits per heavy atom. The number of halogens is 1. The first-order chi connectivity index (χ1) is 9.08. The van der Waals surface area contributed by atoms with Gasteiger partial charge in [0.25, 0.3) is 0 Å². The Morgan fingerprint density at radius 1 is 1.68 bits per heavy atom. The molecule has 1 atom stereocenters. The average molecular weight is 346 g/mol. The van der Waals surface area contributed by atoms with E-state index in [4.69, 9.17) is 5.73 Å². The highest BCUT2D eigenvalue weighted by atomic mass is 79.9. The Hall–Kier alpha value is -0.430. The normalized spacial score (nSPS) is 16.6. The molecule has 1 heterocycles. The lowest BCUT2D eigenvalue weighted by molar-refractivity contribution is -0.122. The molecule has 0 spiro atoms. The van der Waals surface area contributed by atoms with Gasteiger partial charge in [0, 0.05) is 46.3 Å². The van der Waals surface area contributed by atoms with Crippen LogP contribution in [0.2, 0.25) is 0 Å². The number of hydrogen-bond donors (Lipinski definition) is 2. The molecule has 1 fully saturated rings. The zero-order valence-electron chi connectivity index (χ0n) is 11.1. The minimum absolute atomic E-state index is 0.0969. The van der Waals surface area contributed by atoms with Crippen molar-refractivity contribution >= 4 is 33.2 Å². The van der Waals surface area contributed by atoms with Crippen LogP contribution >= 0.6 is 27.3 Å². The monoisotopic (exact) mass is 345 g/mol. The smallest absolute Gasteiger partial charge is 0.221 e. The second-order valence-electron chi connectivity index (χ2n) is 5.08. The molecular formula is C13H20BrN3OS. The molecule has 1 aromatic rings. The molecule has 3 N–H and O–H groups in total. The molecule has 4 nitrogen and oxygen atoms in total. The molecule has 1 saturated carbocycles. The number of nitrogens with one attached hydrogen (secondary N) is 1. The second-order valence-corrected chi connectivity index (χ2v) is 6.99. The van der Waals surface area contributed by atoms with E-state index >= 15 is 0 Å². The van der Waals surface area contributed by atoms with Gasteiger partial charge in [-0.2, -0.15) is 0 Å². The highest BCUT2D eigenvalue weighted by Crippen LogP contribution is 2.22. The van der Waals surface area contributed by atoms with Gasteiger partial charge in [0.15, 0.2) is 0 Å². The van der Waals surface area contributed by atoms with Gasteiger partial charge in [-0.05, 0) is 41.9 Å². The molecule has 0 saturated heterocycles. The predicted molar refractivity (Wildman–Crippen MR) is 82.1 cm³/mol. The summed E-state index contributed by atoms with van der Waals surface area (Å²) in [4.78, 5) is 15.3. The Balaban J connectivity index is 1.83. The van der Waals surface area contributed by atoms with Gasteiger partial charge in [0.05, 0.1) is 0 Å². The number of carbonyl (C=O) groups is 1. The van der Waals surface area contributed by atoms with E-state index in [2.05, 4.69) is 37.6 Å². The van der Waals surface area contributed by atoms with Crippen molar-refractivity contribution < 1.29 is 4.79 Å². The lowest BCUT2D eigenvalue weighted by atomic mass is 10.1. The standard InChI is InChI=1S/C13H20BrN3OS/c1-17(7-12-4-9(14)8-19-12)11(6-15)5-13(18)16-10-2-3-10/h4,8,10-11H,2-3,5-7,15H2,1H3,(H,16,18). The van der Waals surface area contributed by atoms with Crippen molar-refractivity contribution in [3.05, 3.63) is 20.8 Å². The number of hydrogen-bond acceptors (Lipinski definition) is 4. The van der Waals surface area contributed by atoms with Crippen LogP contribution in [-0.4, -0.2) is 36.5 Å². The molecule has 1 aliphatic rings. The zero-order valence-corrected chi connectivity index (χ0v) is 13.5. The number of nitrogens with zero attached hydrogens (tertiary/aromatic N) is 1. The van der Waals surface area contributed by atoms with Crippen LogP contribution in [0, 0.1) is 0 Å². The van der Waals surface area contributed by atoms with Crippen LogP contribution in [-0.2, 0) is 11.3 Å². The fourth-order valence-electron chi connectivity index (χ4n) is 1.96. The molecule has 1 aliphatic carbocycles. The lowest BCUT2D eigenvalue weighted by Crippen LogP contribution is -2.41. The third-order valence-corrected chi connectivity index (χ3v) is 4.97. The van der Waals surface area contributed by atoms with E-state index in [1.807, 2.05) is 7.05 Å². The zero-order chi connectivity index (χ0) is 13.8. The maximum Gasteiger partial charge on any atom is 0.221 e. The molecule has 1 amide bonds. The van der Waals surface area contributed by atoms with E-state index in [0.717, 1.165) is 23.9 Å². The number of thiophene rings is 1. The highest BCUT2D eigenvalue weighted by molar-refractivity contribution is 9.10. The summed E-state index contributed by atoms with van der Waals surface area (Å²) in [6.07, 6.45) is 2.73. The van der Waals surface area contributed by atoms with Crippen molar-refractivity contribution in [3.8, 4) is 0 Å². The molecule has 1 aromatic heterocycles. The Kier molecular flexibility index (Phi) is 5.38. The van der Waals surface area contributed by atoms with Crippen molar-refractivity contribution in [3.63, 3.8) is 0 Å². The number of carbonyl (C=O) groups excluding carboxylic acids is 1. The maximum atomic E-state index is 11.8. The van der Waals surface area contributed by atoms with Crippen LogP contribution in [0.15, 0.2) is 15.9 Å². The summed E-state index contributed by atoms with van der Waals surface area (Å²) in [5.74, 6) is 0.122. The Bertz CT molecular complexity index is 433. The lowest BCUT2D eigenvalue weighted by Gasteiger charge is -2.26. The van der Waals surface area contributed by atoms with Gasteiger partial charge in [-0.1, -0.05) is 0 Å². The van der Waals surface area contributed by atoms with Crippen LogP contribution in [0.5, 0.6) is 0 Å². The molecule has 6 heteroatoms. The molecule has 19 heavy (non-hydrogen) atoms. The first kappa shape index (κ1) is 15.0. The predicted octanol–water partition coefficient (Wildman–Crippen LogP) is 1.94. The number of likely N-dealkylation sites (N-methyl/N-ethyl adjacent to an activating group) is 1. The van der Waals surface area contributed by atoms with Gasteiger partial charge < -0.3 is 11.1 Å². The van der Waals surface area contributed by atoms with E-state index in [9.17, 15) is 4.79 Å². The van der Waals surface area contributed by atoms with Crippen molar-refractivity contribution in [2.24, 2.45) is 5.73 Å². The van der Waals surface area contributed by atoms with Crippen LogP contribution in [0.25, 0.3) is 0 Å². The summed E-state index contributed by atoms with van der Waals surface area (Å²) in [5.41, 5.74) is 5.80. The second kappa shape index (κ2) is 6.83. The van der Waals surface area contributed by atoms with Gasteiger partial charge in [0.1, 0.15) is 0 Å². The number of amides is 1. The first-order valence-corrected chi connectivity index (χ1v) is 8.18. The van der Waals surface area contributed by atoms with Crippen molar-refractivity contribution in [2.75, 3.05) is 13.6 Å². The summed E-state index contributed by atoms with van der Waals surface area (Å²) in [7, 11) is 2.02. The SMILES string of the molecule is CN(Cc1cc(Br)cs1)C(CN)CC(=O)NC1CC1. The van der Waals surface area contributed by atoms with Crippen molar-refractivity contribution in [1.29, 1.82) is 0 Å². The highest BCUT2D eigenvalue weighted by Gasteiger charge is 2.25. The molecule has 0 bridgehead atoms. The summed E-state index contributed by atoms with van der Waals surface area (Å²) >= 11 is 5.17. The van der Waals surface area contributed by atoms with E-state index in [-0.39, 0.29) is 11.9 Å². The maximum absolute atomic E-state index is 11.8. The first-order valence-electron chi connectivity index (χ1n) is 6.51. The van der Waals surface area contributed by atoms with E-state index in [0.29, 0.717) is 19.0 Å². The van der Waals surface area contributed by atoms with Gasteiger partial charge in [-0.15, -0.1) is 11.3 Å². The van der Waals surface area contributed by atoms with E-state index < -0.39 is 0 Å². The number of nitrogens with two attached hydrogens (primary N) is 1. The van der Waals surface area contributed by atoms with E-state index in [1.54, 1.807) is 11.3 Å². The summed E-state index contributed by atoms with van der Waals surface area (Å²) in [6, 6.07) is 2.63. The minimum atomic E-state index is 0.0969. The van der Waals surface area contributed by atoms with Gasteiger partial charge in [0.2, 0.25) is 5.91 Å². The van der Waals surface area contributed by atoms with Crippen LogP contribution in [0.3, 0.4) is 0 Å². The largest absolute Gasteiger partial charge is 0.353 e. The van der Waals surface area contributed by atoms with Crippen LogP contribution in [0.4, 0.5) is 0 Å². The van der Waals surface area contributed by atoms with Crippen molar-refractivity contribution in [2.45, 2.75) is 37.9 Å². The Labute approximate surface area is 126 Å². The Morgan fingerprint density at radius 2 is 2.42 bits per heavy atom. The molecule has 2 rings (SSSR count). The van der Waals surface area contributed by atoms with E-state index in [1.165, 1.54) is 4.88 Å². The molecule has 1 unspecified atom stereocenters. The van der Waals surface area contributed by atoms with Crippen molar-refractivity contribution in [1.82, 2.24) is 10.2 Å². The third-order valence-electron chi connectivity index (χ3n) is 3.29. The van der Waals surface area contributed by atoms with Gasteiger partial charge >= 0.3 is 0 Å². The van der Waals surface area contributed by atoms with Crippen LogP contribution < -0.4 is 11.1 Å². The van der Waals surface area contributed by atoms with Gasteiger partial charge in [-0.3, -0.25) is 9.69 Å². The summed E-state index contributed by atoms with van der Waals surface area (Å²) in [5, 5.41) is 5.09.